The Balaban J connectivity index is 2.77. The highest BCUT2D eigenvalue weighted by Crippen LogP contribution is 2.26. The van der Waals surface area contributed by atoms with Gasteiger partial charge in [-0.05, 0) is 36.8 Å². The van der Waals surface area contributed by atoms with Crippen molar-refractivity contribution in [2.24, 2.45) is 0 Å². The van der Waals surface area contributed by atoms with Crippen molar-refractivity contribution >= 4 is 21.4 Å². The van der Waals surface area contributed by atoms with Crippen LogP contribution in [0.1, 0.15) is 51.5 Å². The molecule has 110 valence electrons. The highest BCUT2D eigenvalue weighted by molar-refractivity contribution is 7.91. The summed E-state index contributed by atoms with van der Waals surface area (Å²) in [5, 5.41) is 1.85. The van der Waals surface area contributed by atoms with E-state index in [2.05, 4.69) is 6.92 Å². The Bertz CT molecular complexity index is 466. The van der Waals surface area contributed by atoms with Gasteiger partial charge in [0, 0.05) is 13.1 Å². The number of hydrogen-bond donors (Lipinski definition) is 0. The predicted octanol–water partition coefficient (Wildman–Crippen LogP) is 4.04. The van der Waals surface area contributed by atoms with E-state index in [1.165, 1.54) is 24.2 Å². The number of nitrogens with zero attached hydrogens (tertiary/aromatic N) is 1. The van der Waals surface area contributed by atoms with Gasteiger partial charge in [-0.15, -0.1) is 11.3 Å². The third kappa shape index (κ3) is 4.58. The van der Waals surface area contributed by atoms with Gasteiger partial charge >= 0.3 is 0 Å². The van der Waals surface area contributed by atoms with Gasteiger partial charge in [-0.2, -0.15) is 4.31 Å². The molecule has 0 aromatic carbocycles. The van der Waals surface area contributed by atoms with E-state index in [0.717, 1.165) is 24.8 Å². The SMILES string of the molecule is CCCCCCN(CCC)S(=O)(=O)c1sccc1C. The summed E-state index contributed by atoms with van der Waals surface area (Å²) in [4.78, 5) is 0. The zero-order chi connectivity index (χ0) is 14.3. The Hall–Kier alpha value is -0.390. The van der Waals surface area contributed by atoms with Crippen LogP contribution in [0, 0.1) is 6.92 Å². The van der Waals surface area contributed by atoms with Crippen LogP contribution in [0.2, 0.25) is 0 Å². The van der Waals surface area contributed by atoms with Crippen LogP contribution < -0.4 is 0 Å². The summed E-state index contributed by atoms with van der Waals surface area (Å²) < 4.78 is 27.4. The first-order valence-corrected chi connectivity index (χ1v) is 9.40. The normalized spacial score (nSPS) is 12.2. The molecule has 0 N–H and O–H groups in total. The fraction of sp³-hybridized carbons (Fsp3) is 0.714. The molecule has 1 heterocycles. The van der Waals surface area contributed by atoms with Crippen LogP contribution in [0.15, 0.2) is 15.7 Å². The molecule has 5 heteroatoms. The average molecular weight is 303 g/mol. The van der Waals surface area contributed by atoms with Gasteiger partial charge < -0.3 is 0 Å². The van der Waals surface area contributed by atoms with Gasteiger partial charge in [-0.3, -0.25) is 0 Å². The van der Waals surface area contributed by atoms with Crippen molar-refractivity contribution in [1.29, 1.82) is 0 Å². The first-order valence-electron chi connectivity index (χ1n) is 7.08. The number of hydrogen-bond acceptors (Lipinski definition) is 3. The molecule has 0 saturated heterocycles. The lowest BCUT2D eigenvalue weighted by atomic mass is 10.2. The number of sulfonamides is 1. The summed E-state index contributed by atoms with van der Waals surface area (Å²) in [5.41, 5.74) is 0.861. The first-order chi connectivity index (χ1) is 9.04. The second-order valence-electron chi connectivity index (χ2n) is 4.86. The van der Waals surface area contributed by atoms with E-state index in [-0.39, 0.29) is 0 Å². The Morgan fingerprint density at radius 2 is 1.84 bits per heavy atom. The third-order valence-corrected chi connectivity index (χ3v) is 6.69. The largest absolute Gasteiger partial charge is 0.252 e. The molecule has 0 spiro atoms. The summed E-state index contributed by atoms with van der Waals surface area (Å²) in [6.07, 6.45) is 5.27. The van der Waals surface area contributed by atoms with Gasteiger partial charge in [-0.1, -0.05) is 33.1 Å². The van der Waals surface area contributed by atoms with E-state index in [1.54, 1.807) is 4.31 Å². The molecule has 0 aliphatic rings. The molecule has 0 radical (unpaired) electrons. The minimum absolute atomic E-state index is 0.511. The molecule has 0 amide bonds. The number of unbranched alkanes of at least 4 members (excludes halogenated alkanes) is 3. The minimum atomic E-state index is -3.29. The van der Waals surface area contributed by atoms with Crippen molar-refractivity contribution in [3.05, 3.63) is 17.0 Å². The predicted molar refractivity (Wildman–Crippen MR) is 82.2 cm³/mol. The second kappa shape index (κ2) is 8.02. The quantitative estimate of drug-likeness (QED) is 0.646. The third-order valence-electron chi connectivity index (χ3n) is 3.12. The van der Waals surface area contributed by atoms with Gasteiger partial charge in [0.25, 0.3) is 10.0 Å². The molecular formula is C14H25NO2S2. The van der Waals surface area contributed by atoms with E-state index >= 15 is 0 Å². The molecule has 0 atom stereocenters. The van der Waals surface area contributed by atoms with Crippen molar-refractivity contribution in [3.8, 4) is 0 Å². The van der Waals surface area contributed by atoms with Crippen LogP contribution in [0.5, 0.6) is 0 Å². The Kier molecular flexibility index (Phi) is 7.04. The van der Waals surface area contributed by atoms with Crippen LogP contribution in [0.25, 0.3) is 0 Å². The Morgan fingerprint density at radius 1 is 1.11 bits per heavy atom. The van der Waals surface area contributed by atoms with Crippen LogP contribution in [0.3, 0.4) is 0 Å². The molecule has 1 aromatic heterocycles. The molecule has 0 aliphatic carbocycles. The molecule has 0 aliphatic heterocycles. The van der Waals surface area contributed by atoms with Crippen molar-refractivity contribution < 1.29 is 8.42 Å². The topological polar surface area (TPSA) is 37.4 Å². The lowest BCUT2D eigenvalue weighted by molar-refractivity contribution is 0.398. The lowest BCUT2D eigenvalue weighted by Gasteiger charge is -2.21. The molecule has 1 aromatic rings. The summed E-state index contributed by atoms with van der Waals surface area (Å²) >= 11 is 1.32. The van der Waals surface area contributed by atoms with Gasteiger partial charge in [0.05, 0.1) is 0 Å². The second-order valence-corrected chi connectivity index (χ2v) is 7.91. The Labute approximate surface area is 121 Å². The maximum Gasteiger partial charge on any atom is 0.252 e. The summed E-state index contributed by atoms with van der Waals surface area (Å²) in [6, 6.07) is 1.87. The van der Waals surface area contributed by atoms with E-state index in [4.69, 9.17) is 0 Å². The van der Waals surface area contributed by atoms with Gasteiger partial charge in [0.1, 0.15) is 4.21 Å². The monoisotopic (exact) mass is 303 g/mol. The van der Waals surface area contributed by atoms with E-state index in [1.807, 2.05) is 25.3 Å². The molecule has 3 nitrogen and oxygen atoms in total. The highest BCUT2D eigenvalue weighted by atomic mass is 32.2. The zero-order valence-corrected chi connectivity index (χ0v) is 13.8. The average Bonchev–Trinajstić information content (AvgIpc) is 2.80. The summed E-state index contributed by atoms with van der Waals surface area (Å²) in [5.74, 6) is 0. The van der Waals surface area contributed by atoms with Crippen LogP contribution in [-0.2, 0) is 10.0 Å². The molecule has 1 rings (SSSR count). The minimum Gasteiger partial charge on any atom is -0.206 e. The lowest BCUT2D eigenvalue weighted by Crippen LogP contribution is -2.32. The number of rotatable bonds is 9. The molecule has 0 fully saturated rings. The molecule has 19 heavy (non-hydrogen) atoms. The van der Waals surface area contributed by atoms with Crippen LogP contribution >= 0.6 is 11.3 Å². The molecule has 0 bridgehead atoms. The molecular weight excluding hydrogens is 278 g/mol. The van der Waals surface area contributed by atoms with E-state index in [9.17, 15) is 8.42 Å². The summed E-state index contributed by atoms with van der Waals surface area (Å²) in [7, 11) is -3.29. The van der Waals surface area contributed by atoms with Crippen molar-refractivity contribution in [1.82, 2.24) is 4.31 Å². The summed E-state index contributed by atoms with van der Waals surface area (Å²) in [6.45, 7) is 7.31. The van der Waals surface area contributed by atoms with E-state index < -0.39 is 10.0 Å². The standard InChI is InChI=1S/C14H25NO2S2/c1-4-6-7-8-11-15(10-5-2)19(16,17)14-13(3)9-12-18-14/h9,12H,4-8,10-11H2,1-3H3. The van der Waals surface area contributed by atoms with Crippen LogP contribution in [-0.4, -0.2) is 25.8 Å². The maximum atomic E-state index is 12.6. The van der Waals surface area contributed by atoms with Gasteiger partial charge in [0.2, 0.25) is 0 Å². The number of aryl methyl sites for hydroxylation is 1. The van der Waals surface area contributed by atoms with Gasteiger partial charge in [0.15, 0.2) is 0 Å². The molecule has 0 saturated carbocycles. The van der Waals surface area contributed by atoms with Gasteiger partial charge in [-0.25, -0.2) is 8.42 Å². The van der Waals surface area contributed by atoms with E-state index in [0.29, 0.717) is 17.3 Å². The van der Waals surface area contributed by atoms with Crippen molar-refractivity contribution in [3.63, 3.8) is 0 Å². The molecule has 0 unspecified atom stereocenters. The fourth-order valence-corrected chi connectivity index (χ4v) is 5.18. The van der Waals surface area contributed by atoms with Crippen molar-refractivity contribution in [2.45, 2.75) is 57.1 Å². The number of thiophene rings is 1. The zero-order valence-electron chi connectivity index (χ0n) is 12.2. The fourth-order valence-electron chi connectivity index (χ4n) is 2.06. The highest BCUT2D eigenvalue weighted by Gasteiger charge is 2.25. The van der Waals surface area contributed by atoms with Crippen LogP contribution in [0.4, 0.5) is 0 Å². The maximum absolute atomic E-state index is 12.6. The smallest absolute Gasteiger partial charge is 0.206 e. The Morgan fingerprint density at radius 3 is 2.37 bits per heavy atom. The first kappa shape index (κ1) is 16.7. The van der Waals surface area contributed by atoms with Crippen molar-refractivity contribution in [2.75, 3.05) is 13.1 Å².